The molecule has 1 aromatic rings. The SMILES string of the molecule is CNC(C)c1cc(F)c(C)cc1OC1CCOC1. The van der Waals surface area contributed by atoms with Crippen LogP contribution in [0.15, 0.2) is 12.1 Å². The molecular weight excluding hydrogens is 233 g/mol. The summed E-state index contributed by atoms with van der Waals surface area (Å²) < 4.78 is 24.9. The second-order valence-electron chi connectivity index (χ2n) is 4.75. The highest BCUT2D eigenvalue weighted by Gasteiger charge is 2.21. The third-order valence-corrected chi connectivity index (χ3v) is 3.37. The zero-order valence-corrected chi connectivity index (χ0v) is 11.1. The molecule has 3 nitrogen and oxygen atoms in total. The first-order valence-corrected chi connectivity index (χ1v) is 6.33. The van der Waals surface area contributed by atoms with Gasteiger partial charge in [-0.15, -0.1) is 0 Å². The average Bonchev–Trinajstić information content (AvgIpc) is 2.85. The predicted molar refractivity (Wildman–Crippen MR) is 68.5 cm³/mol. The third kappa shape index (κ3) is 2.82. The highest BCUT2D eigenvalue weighted by Crippen LogP contribution is 2.30. The van der Waals surface area contributed by atoms with Gasteiger partial charge in [-0.3, -0.25) is 0 Å². The van der Waals surface area contributed by atoms with Crippen LogP contribution in [0.3, 0.4) is 0 Å². The van der Waals surface area contributed by atoms with E-state index in [1.54, 1.807) is 19.1 Å². The Bertz CT molecular complexity index is 417. The van der Waals surface area contributed by atoms with Gasteiger partial charge in [0.2, 0.25) is 0 Å². The lowest BCUT2D eigenvalue weighted by Gasteiger charge is -2.20. The van der Waals surface area contributed by atoms with Crippen molar-refractivity contribution >= 4 is 0 Å². The van der Waals surface area contributed by atoms with Gasteiger partial charge in [0.1, 0.15) is 17.7 Å². The average molecular weight is 253 g/mol. The minimum atomic E-state index is -0.192. The second kappa shape index (κ2) is 5.67. The molecule has 1 aliphatic rings. The molecule has 1 fully saturated rings. The molecule has 18 heavy (non-hydrogen) atoms. The van der Waals surface area contributed by atoms with Crippen LogP contribution in [-0.4, -0.2) is 26.4 Å². The van der Waals surface area contributed by atoms with Crippen molar-refractivity contribution in [2.45, 2.75) is 32.4 Å². The second-order valence-corrected chi connectivity index (χ2v) is 4.75. The number of hydrogen-bond acceptors (Lipinski definition) is 3. The van der Waals surface area contributed by atoms with Crippen LogP contribution in [0.4, 0.5) is 4.39 Å². The summed E-state index contributed by atoms with van der Waals surface area (Å²) in [7, 11) is 1.85. The fourth-order valence-corrected chi connectivity index (χ4v) is 2.05. The normalized spacial score (nSPS) is 21.0. The molecule has 1 aliphatic heterocycles. The lowest BCUT2D eigenvalue weighted by atomic mass is 10.0. The van der Waals surface area contributed by atoms with Crippen molar-refractivity contribution in [2.24, 2.45) is 0 Å². The number of nitrogens with one attached hydrogen (secondary N) is 1. The number of ether oxygens (including phenoxy) is 2. The molecule has 1 heterocycles. The molecule has 0 aliphatic carbocycles. The lowest BCUT2D eigenvalue weighted by Crippen LogP contribution is -2.20. The minimum absolute atomic E-state index is 0.0532. The van der Waals surface area contributed by atoms with Crippen LogP contribution in [-0.2, 0) is 4.74 Å². The van der Waals surface area contributed by atoms with Crippen molar-refractivity contribution < 1.29 is 13.9 Å². The standard InChI is InChI=1S/C14H20FNO2/c1-9-6-14(18-11-4-5-17-8-11)12(7-13(9)15)10(2)16-3/h6-7,10-11,16H,4-5,8H2,1-3H3. The van der Waals surface area contributed by atoms with Gasteiger partial charge in [0.15, 0.2) is 0 Å². The maximum absolute atomic E-state index is 13.7. The van der Waals surface area contributed by atoms with Crippen LogP contribution in [0.2, 0.25) is 0 Å². The van der Waals surface area contributed by atoms with Gasteiger partial charge in [-0.2, -0.15) is 0 Å². The summed E-state index contributed by atoms with van der Waals surface area (Å²) in [6.07, 6.45) is 0.974. The molecule has 0 bridgehead atoms. The summed E-state index contributed by atoms with van der Waals surface area (Å²) in [4.78, 5) is 0. The summed E-state index contributed by atoms with van der Waals surface area (Å²) in [5, 5.41) is 3.12. The van der Waals surface area contributed by atoms with E-state index in [2.05, 4.69) is 5.32 Å². The summed E-state index contributed by atoms with van der Waals surface area (Å²) in [5.41, 5.74) is 1.46. The van der Waals surface area contributed by atoms with E-state index in [1.165, 1.54) is 0 Å². The summed E-state index contributed by atoms with van der Waals surface area (Å²) >= 11 is 0. The summed E-state index contributed by atoms with van der Waals surface area (Å²) in [6.45, 7) is 5.09. The Morgan fingerprint density at radius 3 is 2.89 bits per heavy atom. The zero-order chi connectivity index (χ0) is 13.1. The molecule has 2 unspecified atom stereocenters. The van der Waals surface area contributed by atoms with E-state index < -0.39 is 0 Å². The van der Waals surface area contributed by atoms with E-state index in [1.807, 2.05) is 14.0 Å². The monoisotopic (exact) mass is 253 g/mol. The molecule has 0 amide bonds. The van der Waals surface area contributed by atoms with E-state index in [0.717, 1.165) is 24.3 Å². The van der Waals surface area contributed by atoms with Crippen molar-refractivity contribution in [2.75, 3.05) is 20.3 Å². The van der Waals surface area contributed by atoms with E-state index in [0.29, 0.717) is 12.2 Å². The van der Waals surface area contributed by atoms with Crippen LogP contribution in [0.25, 0.3) is 0 Å². The topological polar surface area (TPSA) is 30.5 Å². The first-order valence-electron chi connectivity index (χ1n) is 6.33. The summed E-state index contributed by atoms with van der Waals surface area (Å²) in [6, 6.07) is 3.38. The predicted octanol–water partition coefficient (Wildman–Crippen LogP) is 2.58. The maximum Gasteiger partial charge on any atom is 0.126 e. The van der Waals surface area contributed by atoms with E-state index in [-0.39, 0.29) is 18.0 Å². The molecule has 4 heteroatoms. The molecule has 1 aromatic carbocycles. The minimum Gasteiger partial charge on any atom is -0.488 e. The van der Waals surface area contributed by atoms with Gasteiger partial charge >= 0.3 is 0 Å². The number of aryl methyl sites for hydroxylation is 1. The molecule has 2 rings (SSSR count). The lowest BCUT2D eigenvalue weighted by molar-refractivity contribution is 0.140. The quantitative estimate of drug-likeness (QED) is 0.894. The van der Waals surface area contributed by atoms with Gasteiger partial charge in [-0.05, 0) is 38.6 Å². The molecule has 0 aromatic heterocycles. The fraction of sp³-hybridized carbons (Fsp3) is 0.571. The van der Waals surface area contributed by atoms with Crippen LogP contribution in [0, 0.1) is 12.7 Å². The molecule has 0 radical (unpaired) electrons. The molecule has 0 saturated carbocycles. The van der Waals surface area contributed by atoms with Crippen molar-refractivity contribution in [3.63, 3.8) is 0 Å². The number of benzene rings is 1. The molecule has 1 N–H and O–H groups in total. The summed E-state index contributed by atoms with van der Waals surface area (Å²) in [5.74, 6) is 0.563. The van der Waals surface area contributed by atoms with Crippen LogP contribution < -0.4 is 10.1 Å². The highest BCUT2D eigenvalue weighted by molar-refractivity contribution is 5.40. The van der Waals surface area contributed by atoms with Crippen molar-refractivity contribution in [3.8, 4) is 5.75 Å². The van der Waals surface area contributed by atoms with Crippen LogP contribution in [0.5, 0.6) is 5.75 Å². The Morgan fingerprint density at radius 2 is 2.28 bits per heavy atom. The van der Waals surface area contributed by atoms with E-state index in [4.69, 9.17) is 9.47 Å². The van der Waals surface area contributed by atoms with Gasteiger partial charge in [0, 0.05) is 18.0 Å². The van der Waals surface area contributed by atoms with Gasteiger partial charge in [-0.25, -0.2) is 4.39 Å². The number of halogens is 1. The van der Waals surface area contributed by atoms with Gasteiger partial charge < -0.3 is 14.8 Å². The van der Waals surface area contributed by atoms with E-state index in [9.17, 15) is 4.39 Å². The Balaban J connectivity index is 2.27. The fourth-order valence-electron chi connectivity index (χ4n) is 2.05. The van der Waals surface area contributed by atoms with Crippen LogP contribution in [0.1, 0.15) is 30.5 Å². The smallest absolute Gasteiger partial charge is 0.126 e. The molecule has 0 spiro atoms. The van der Waals surface area contributed by atoms with Crippen molar-refractivity contribution in [1.29, 1.82) is 0 Å². The Morgan fingerprint density at radius 1 is 1.50 bits per heavy atom. The Hall–Kier alpha value is -1.13. The van der Waals surface area contributed by atoms with Crippen molar-refractivity contribution in [1.82, 2.24) is 5.32 Å². The number of rotatable bonds is 4. The van der Waals surface area contributed by atoms with E-state index >= 15 is 0 Å². The zero-order valence-electron chi connectivity index (χ0n) is 11.1. The largest absolute Gasteiger partial charge is 0.488 e. The number of hydrogen-bond donors (Lipinski definition) is 1. The van der Waals surface area contributed by atoms with Gasteiger partial charge in [0.05, 0.1) is 13.2 Å². The Labute approximate surface area is 107 Å². The molecule has 100 valence electrons. The van der Waals surface area contributed by atoms with Crippen LogP contribution >= 0.6 is 0 Å². The first kappa shape index (κ1) is 13.3. The van der Waals surface area contributed by atoms with Gasteiger partial charge in [0.25, 0.3) is 0 Å². The first-order chi connectivity index (χ1) is 8.61. The van der Waals surface area contributed by atoms with Gasteiger partial charge in [-0.1, -0.05) is 0 Å². The maximum atomic E-state index is 13.7. The Kier molecular flexibility index (Phi) is 4.19. The molecule has 2 atom stereocenters. The highest BCUT2D eigenvalue weighted by atomic mass is 19.1. The molecular formula is C14H20FNO2. The third-order valence-electron chi connectivity index (χ3n) is 3.37. The molecule has 1 saturated heterocycles. The van der Waals surface area contributed by atoms with Crippen molar-refractivity contribution in [3.05, 3.63) is 29.1 Å².